The van der Waals surface area contributed by atoms with Crippen molar-refractivity contribution in [2.24, 2.45) is 0 Å². The van der Waals surface area contributed by atoms with Gasteiger partial charge in [0.1, 0.15) is 0 Å². The van der Waals surface area contributed by atoms with Crippen LogP contribution in [0.5, 0.6) is 0 Å². The minimum absolute atomic E-state index is 0.213. The molecule has 0 aromatic heterocycles. The van der Waals surface area contributed by atoms with Crippen molar-refractivity contribution in [1.82, 2.24) is 15.1 Å². The Morgan fingerprint density at radius 3 is 2.47 bits per heavy atom. The number of hydrogen-bond donors (Lipinski definition) is 2. The standard InChI is InChI=1S/C11H25N3O/c1-5-14(9(2)8-13(3)4)10-6-12-7-11(10)15/h9-12,15H,5-8H2,1-4H3. The average molecular weight is 215 g/mol. The zero-order chi connectivity index (χ0) is 11.4. The van der Waals surface area contributed by atoms with E-state index in [1.54, 1.807) is 0 Å². The molecule has 0 aliphatic carbocycles. The SMILES string of the molecule is CCN(C(C)CN(C)C)C1CNCC1O. The Balaban J connectivity index is 2.53. The second-order valence-corrected chi connectivity index (χ2v) is 4.73. The maximum Gasteiger partial charge on any atom is 0.0831 e. The van der Waals surface area contributed by atoms with E-state index in [1.807, 2.05) is 0 Å². The molecule has 0 aromatic rings. The third-order valence-electron chi connectivity index (χ3n) is 3.14. The Bertz CT molecular complexity index is 187. The lowest BCUT2D eigenvalue weighted by Gasteiger charge is -2.36. The smallest absolute Gasteiger partial charge is 0.0831 e. The zero-order valence-corrected chi connectivity index (χ0v) is 10.4. The molecule has 0 aromatic carbocycles. The lowest BCUT2D eigenvalue weighted by molar-refractivity contribution is 0.0543. The Labute approximate surface area is 93.2 Å². The zero-order valence-electron chi connectivity index (χ0n) is 10.4. The number of aliphatic hydroxyl groups excluding tert-OH is 1. The summed E-state index contributed by atoms with van der Waals surface area (Å²) in [5.74, 6) is 0. The lowest BCUT2D eigenvalue weighted by atomic mass is 10.1. The van der Waals surface area contributed by atoms with Crippen LogP contribution in [0.15, 0.2) is 0 Å². The van der Waals surface area contributed by atoms with Gasteiger partial charge >= 0.3 is 0 Å². The molecule has 0 saturated carbocycles. The van der Waals surface area contributed by atoms with Gasteiger partial charge in [0.25, 0.3) is 0 Å². The summed E-state index contributed by atoms with van der Waals surface area (Å²) in [6.07, 6.45) is -0.213. The van der Waals surface area contributed by atoms with Crippen LogP contribution in [0.3, 0.4) is 0 Å². The van der Waals surface area contributed by atoms with Gasteiger partial charge in [0.05, 0.1) is 6.10 Å². The largest absolute Gasteiger partial charge is 0.390 e. The van der Waals surface area contributed by atoms with Gasteiger partial charge in [-0.05, 0) is 27.6 Å². The number of β-amino-alcohol motifs (C(OH)–C–C–N with tert-alkyl or cyclic N) is 1. The first-order valence-corrected chi connectivity index (χ1v) is 5.85. The summed E-state index contributed by atoms with van der Waals surface area (Å²) >= 11 is 0. The van der Waals surface area contributed by atoms with Crippen LogP contribution in [0.25, 0.3) is 0 Å². The van der Waals surface area contributed by atoms with Gasteiger partial charge in [-0.25, -0.2) is 0 Å². The van der Waals surface area contributed by atoms with E-state index in [9.17, 15) is 5.11 Å². The van der Waals surface area contributed by atoms with E-state index < -0.39 is 0 Å². The topological polar surface area (TPSA) is 38.7 Å². The number of rotatable bonds is 5. The Morgan fingerprint density at radius 1 is 1.40 bits per heavy atom. The molecule has 2 N–H and O–H groups in total. The van der Waals surface area contributed by atoms with E-state index in [0.29, 0.717) is 6.04 Å². The molecule has 4 heteroatoms. The van der Waals surface area contributed by atoms with Crippen LogP contribution in [0.2, 0.25) is 0 Å². The normalized spacial score (nSPS) is 29.0. The van der Waals surface area contributed by atoms with Gasteiger partial charge in [-0.3, -0.25) is 4.90 Å². The summed E-state index contributed by atoms with van der Waals surface area (Å²) in [4.78, 5) is 4.59. The van der Waals surface area contributed by atoms with Crippen LogP contribution in [0.4, 0.5) is 0 Å². The molecule has 0 amide bonds. The van der Waals surface area contributed by atoms with Crippen molar-refractivity contribution in [2.45, 2.75) is 32.0 Å². The first-order valence-electron chi connectivity index (χ1n) is 5.85. The molecule has 0 spiro atoms. The van der Waals surface area contributed by atoms with Crippen molar-refractivity contribution >= 4 is 0 Å². The average Bonchev–Trinajstić information content (AvgIpc) is 2.52. The molecule has 15 heavy (non-hydrogen) atoms. The Kier molecular flexibility index (Phi) is 4.99. The second kappa shape index (κ2) is 5.80. The number of aliphatic hydroxyl groups is 1. The maximum atomic E-state index is 9.86. The predicted octanol–water partition coefficient (Wildman–Crippen LogP) is -0.409. The summed E-state index contributed by atoms with van der Waals surface area (Å²) in [5.41, 5.74) is 0. The van der Waals surface area contributed by atoms with Crippen LogP contribution in [-0.4, -0.2) is 73.4 Å². The summed E-state index contributed by atoms with van der Waals surface area (Å²) in [7, 11) is 4.18. The van der Waals surface area contributed by atoms with Crippen molar-refractivity contribution < 1.29 is 5.11 Å². The Morgan fingerprint density at radius 2 is 2.07 bits per heavy atom. The molecule has 1 fully saturated rings. The Hall–Kier alpha value is -0.160. The van der Waals surface area contributed by atoms with Gasteiger partial charge in [-0.15, -0.1) is 0 Å². The molecule has 1 heterocycles. The highest BCUT2D eigenvalue weighted by Crippen LogP contribution is 2.13. The molecule has 3 atom stereocenters. The van der Waals surface area contributed by atoms with Gasteiger partial charge in [0.15, 0.2) is 0 Å². The first-order chi connectivity index (χ1) is 7.06. The van der Waals surface area contributed by atoms with Crippen LogP contribution >= 0.6 is 0 Å². The van der Waals surface area contributed by atoms with Gasteiger partial charge in [0.2, 0.25) is 0 Å². The summed E-state index contributed by atoms with van der Waals surface area (Å²) in [6.45, 7) is 8.07. The maximum absolute atomic E-state index is 9.86. The van der Waals surface area contributed by atoms with E-state index in [2.05, 4.69) is 43.1 Å². The molecule has 0 radical (unpaired) electrons. The number of nitrogens with one attached hydrogen (secondary N) is 1. The fraction of sp³-hybridized carbons (Fsp3) is 1.00. The van der Waals surface area contributed by atoms with Crippen molar-refractivity contribution in [3.8, 4) is 0 Å². The third-order valence-corrected chi connectivity index (χ3v) is 3.14. The minimum Gasteiger partial charge on any atom is -0.390 e. The van der Waals surface area contributed by atoms with E-state index in [1.165, 1.54) is 0 Å². The van der Waals surface area contributed by atoms with E-state index in [-0.39, 0.29) is 12.1 Å². The second-order valence-electron chi connectivity index (χ2n) is 4.73. The van der Waals surface area contributed by atoms with Crippen molar-refractivity contribution in [3.05, 3.63) is 0 Å². The fourth-order valence-corrected chi connectivity index (χ4v) is 2.50. The molecular formula is C11H25N3O. The highest BCUT2D eigenvalue weighted by atomic mass is 16.3. The number of likely N-dealkylation sites (N-methyl/N-ethyl adjacent to an activating group) is 2. The van der Waals surface area contributed by atoms with E-state index in [4.69, 9.17) is 0 Å². The molecule has 4 nitrogen and oxygen atoms in total. The molecule has 90 valence electrons. The molecule has 3 unspecified atom stereocenters. The molecule has 1 aliphatic heterocycles. The molecule has 1 saturated heterocycles. The number of nitrogens with zero attached hydrogens (tertiary/aromatic N) is 2. The third kappa shape index (κ3) is 3.41. The monoisotopic (exact) mass is 215 g/mol. The number of hydrogen-bond acceptors (Lipinski definition) is 4. The predicted molar refractivity (Wildman–Crippen MR) is 63.1 cm³/mol. The lowest BCUT2D eigenvalue weighted by Crippen LogP contribution is -2.50. The molecule has 1 aliphatic rings. The summed E-state index contributed by atoms with van der Waals surface area (Å²) in [6, 6.07) is 0.773. The highest BCUT2D eigenvalue weighted by molar-refractivity contribution is 4.90. The quantitative estimate of drug-likeness (QED) is 0.654. The molecular weight excluding hydrogens is 190 g/mol. The van der Waals surface area contributed by atoms with Crippen LogP contribution in [0.1, 0.15) is 13.8 Å². The fourth-order valence-electron chi connectivity index (χ4n) is 2.50. The van der Waals surface area contributed by atoms with Crippen LogP contribution in [-0.2, 0) is 0 Å². The van der Waals surface area contributed by atoms with Crippen molar-refractivity contribution in [1.29, 1.82) is 0 Å². The van der Waals surface area contributed by atoms with Crippen LogP contribution in [0, 0.1) is 0 Å². The summed E-state index contributed by atoms with van der Waals surface area (Å²) < 4.78 is 0. The highest BCUT2D eigenvalue weighted by Gasteiger charge is 2.32. The molecule has 0 bridgehead atoms. The van der Waals surface area contributed by atoms with Gasteiger partial charge in [-0.1, -0.05) is 6.92 Å². The van der Waals surface area contributed by atoms with Crippen LogP contribution < -0.4 is 5.32 Å². The van der Waals surface area contributed by atoms with Crippen molar-refractivity contribution in [3.63, 3.8) is 0 Å². The molecule has 1 rings (SSSR count). The van der Waals surface area contributed by atoms with E-state index in [0.717, 1.165) is 26.2 Å². The van der Waals surface area contributed by atoms with E-state index >= 15 is 0 Å². The van der Waals surface area contributed by atoms with Gasteiger partial charge in [-0.2, -0.15) is 0 Å². The van der Waals surface area contributed by atoms with Gasteiger partial charge in [0, 0.05) is 31.7 Å². The first kappa shape index (κ1) is 12.9. The van der Waals surface area contributed by atoms with Gasteiger partial charge < -0.3 is 15.3 Å². The minimum atomic E-state index is -0.213. The van der Waals surface area contributed by atoms with Crippen molar-refractivity contribution in [2.75, 3.05) is 40.3 Å². The summed E-state index contributed by atoms with van der Waals surface area (Å²) in [5, 5.41) is 13.1.